The fourth-order valence-electron chi connectivity index (χ4n) is 4.94. The Morgan fingerprint density at radius 2 is 2.00 bits per heavy atom. The second-order valence-electron chi connectivity index (χ2n) is 8.27. The average Bonchev–Trinajstić information content (AvgIpc) is 2.68. The average molecular weight is 373 g/mol. The van der Waals surface area contributed by atoms with Crippen LogP contribution in [0.4, 0.5) is 0 Å². The number of hydrogen-bond acceptors (Lipinski definition) is 3. The SMILES string of the molecule is Cc1ccc2c(c1)CCCC2C(=O)N1CCSCC1CN1CCCCC1. The minimum absolute atomic E-state index is 0.0892. The number of aryl methyl sites for hydroxylation is 2. The van der Waals surface area contributed by atoms with E-state index in [9.17, 15) is 4.79 Å². The zero-order chi connectivity index (χ0) is 17.9. The molecule has 0 radical (unpaired) electrons. The molecular formula is C22H32N2OS. The smallest absolute Gasteiger partial charge is 0.230 e. The molecule has 1 aromatic carbocycles. The maximum Gasteiger partial charge on any atom is 0.230 e. The molecular weight excluding hydrogens is 340 g/mol. The minimum atomic E-state index is 0.0892. The topological polar surface area (TPSA) is 23.6 Å². The highest BCUT2D eigenvalue weighted by atomic mass is 32.2. The van der Waals surface area contributed by atoms with E-state index in [0.717, 1.165) is 43.9 Å². The van der Waals surface area contributed by atoms with E-state index in [4.69, 9.17) is 0 Å². The Bertz CT molecular complexity index is 641. The molecule has 0 spiro atoms. The van der Waals surface area contributed by atoms with Crippen molar-refractivity contribution in [2.75, 3.05) is 37.7 Å². The summed E-state index contributed by atoms with van der Waals surface area (Å²) < 4.78 is 0. The fourth-order valence-corrected chi connectivity index (χ4v) is 5.99. The molecule has 0 N–H and O–H groups in total. The van der Waals surface area contributed by atoms with Gasteiger partial charge in [0.05, 0.1) is 12.0 Å². The van der Waals surface area contributed by atoms with Crippen LogP contribution in [0.25, 0.3) is 0 Å². The van der Waals surface area contributed by atoms with Gasteiger partial charge < -0.3 is 9.80 Å². The summed E-state index contributed by atoms with van der Waals surface area (Å²) in [5.74, 6) is 2.69. The Kier molecular flexibility index (Phi) is 5.90. The third kappa shape index (κ3) is 3.96. The van der Waals surface area contributed by atoms with Gasteiger partial charge in [-0.3, -0.25) is 4.79 Å². The van der Waals surface area contributed by atoms with Gasteiger partial charge in [-0.1, -0.05) is 30.2 Å². The molecule has 1 amide bonds. The molecule has 2 saturated heterocycles. The number of nitrogens with zero attached hydrogens (tertiary/aromatic N) is 2. The van der Waals surface area contributed by atoms with E-state index in [-0.39, 0.29) is 5.92 Å². The number of piperidine rings is 1. The Labute approximate surface area is 162 Å². The van der Waals surface area contributed by atoms with Gasteiger partial charge in [0.25, 0.3) is 0 Å². The van der Waals surface area contributed by atoms with E-state index in [0.29, 0.717) is 11.9 Å². The molecule has 4 rings (SSSR count). The van der Waals surface area contributed by atoms with Crippen molar-refractivity contribution in [1.29, 1.82) is 0 Å². The molecule has 0 aromatic heterocycles. The molecule has 2 heterocycles. The third-order valence-electron chi connectivity index (χ3n) is 6.34. The van der Waals surface area contributed by atoms with Crippen molar-refractivity contribution in [3.05, 3.63) is 34.9 Å². The van der Waals surface area contributed by atoms with Crippen LogP contribution in [0.5, 0.6) is 0 Å². The van der Waals surface area contributed by atoms with Crippen LogP contribution in [0.15, 0.2) is 18.2 Å². The number of carbonyl (C=O) groups is 1. The second kappa shape index (κ2) is 8.35. The number of rotatable bonds is 3. The highest BCUT2D eigenvalue weighted by Gasteiger charge is 2.35. The quantitative estimate of drug-likeness (QED) is 0.805. The Hall–Kier alpha value is -1.00. The molecule has 2 fully saturated rings. The predicted octanol–water partition coefficient (Wildman–Crippen LogP) is 3.84. The standard InChI is InChI=1S/C22H32N2OS/c1-17-8-9-20-18(14-17)6-5-7-21(20)22(25)24-12-13-26-16-19(24)15-23-10-3-2-4-11-23/h8-9,14,19,21H,2-7,10-13,15-16H2,1H3. The van der Waals surface area contributed by atoms with Gasteiger partial charge in [-0.05, 0) is 63.2 Å². The highest BCUT2D eigenvalue weighted by molar-refractivity contribution is 7.99. The van der Waals surface area contributed by atoms with Crippen LogP contribution in [0, 0.1) is 6.92 Å². The number of carbonyl (C=O) groups excluding carboxylic acids is 1. The summed E-state index contributed by atoms with van der Waals surface area (Å²) in [4.78, 5) is 18.4. The van der Waals surface area contributed by atoms with Crippen molar-refractivity contribution in [3.8, 4) is 0 Å². The van der Waals surface area contributed by atoms with Gasteiger partial charge in [-0.15, -0.1) is 0 Å². The largest absolute Gasteiger partial charge is 0.336 e. The van der Waals surface area contributed by atoms with Gasteiger partial charge in [0.15, 0.2) is 0 Å². The van der Waals surface area contributed by atoms with Crippen LogP contribution in [-0.2, 0) is 11.2 Å². The van der Waals surface area contributed by atoms with Gasteiger partial charge in [0.2, 0.25) is 5.91 Å². The minimum Gasteiger partial charge on any atom is -0.336 e. The van der Waals surface area contributed by atoms with E-state index < -0.39 is 0 Å². The lowest BCUT2D eigenvalue weighted by Crippen LogP contribution is -2.53. The maximum atomic E-state index is 13.6. The number of amides is 1. The number of benzene rings is 1. The molecule has 3 aliphatic rings. The van der Waals surface area contributed by atoms with E-state index >= 15 is 0 Å². The fraction of sp³-hybridized carbons (Fsp3) is 0.682. The molecule has 0 bridgehead atoms. The molecule has 1 aliphatic carbocycles. The summed E-state index contributed by atoms with van der Waals surface area (Å²) in [6, 6.07) is 7.11. The van der Waals surface area contributed by atoms with Crippen molar-refractivity contribution in [1.82, 2.24) is 9.80 Å². The molecule has 26 heavy (non-hydrogen) atoms. The summed E-state index contributed by atoms with van der Waals surface area (Å²) in [5.41, 5.74) is 4.03. The normalized spacial score (nSPS) is 27.2. The molecule has 4 heteroatoms. The van der Waals surface area contributed by atoms with Crippen molar-refractivity contribution in [2.24, 2.45) is 0 Å². The summed E-state index contributed by atoms with van der Waals surface area (Å²) in [6.07, 6.45) is 7.32. The van der Waals surface area contributed by atoms with Gasteiger partial charge >= 0.3 is 0 Å². The zero-order valence-corrected chi connectivity index (χ0v) is 16.9. The monoisotopic (exact) mass is 372 g/mol. The predicted molar refractivity (Wildman–Crippen MR) is 110 cm³/mol. The summed E-state index contributed by atoms with van der Waals surface area (Å²) in [5, 5.41) is 0. The van der Waals surface area contributed by atoms with Crippen LogP contribution in [0.1, 0.15) is 54.7 Å². The Morgan fingerprint density at radius 1 is 1.15 bits per heavy atom. The lowest BCUT2D eigenvalue weighted by Gasteiger charge is -2.41. The Morgan fingerprint density at radius 3 is 2.85 bits per heavy atom. The molecule has 2 unspecified atom stereocenters. The summed E-state index contributed by atoms with van der Waals surface area (Å²) in [7, 11) is 0. The van der Waals surface area contributed by atoms with Gasteiger partial charge in [-0.2, -0.15) is 11.8 Å². The van der Waals surface area contributed by atoms with Crippen molar-refractivity contribution in [3.63, 3.8) is 0 Å². The first-order chi connectivity index (χ1) is 12.7. The first-order valence-corrected chi connectivity index (χ1v) is 11.6. The third-order valence-corrected chi connectivity index (χ3v) is 7.43. The summed E-state index contributed by atoms with van der Waals surface area (Å²) in [6.45, 7) is 6.59. The van der Waals surface area contributed by atoms with Crippen LogP contribution in [0.3, 0.4) is 0 Å². The van der Waals surface area contributed by atoms with Gasteiger partial charge in [0, 0.05) is 24.6 Å². The number of likely N-dealkylation sites (tertiary alicyclic amines) is 1. The van der Waals surface area contributed by atoms with Crippen LogP contribution < -0.4 is 0 Å². The Balaban J connectivity index is 1.50. The first kappa shape index (κ1) is 18.4. The summed E-state index contributed by atoms with van der Waals surface area (Å²) >= 11 is 2.03. The van der Waals surface area contributed by atoms with Crippen LogP contribution >= 0.6 is 11.8 Å². The molecule has 2 aliphatic heterocycles. The van der Waals surface area contributed by atoms with Crippen molar-refractivity contribution >= 4 is 17.7 Å². The first-order valence-electron chi connectivity index (χ1n) is 10.4. The molecule has 2 atom stereocenters. The molecule has 1 aromatic rings. The molecule has 0 saturated carbocycles. The zero-order valence-electron chi connectivity index (χ0n) is 16.1. The van der Waals surface area contributed by atoms with Gasteiger partial charge in [-0.25, -0.2) is 0 Å². The van der Waals surface area contributed by atoms with Gasteiger partial charge in [0.1, 0.15) is 0 Å². The van der Waals surface area contributed by atoms with E-state index in [2.05, 4.69) is 34.9 Å². The number of hydrogen-bond donors (Lipinski definition) is 0. The molecule has 142 valence electrons. The van der Waals surface area contributed by atoms with Crippen LogP contribution in [0.2, 0.25) is 0 Å². The lowest BCUT2D eigenvalue weighted by atomic mass is 9.81. The van der Waals surface area contributed by atoms with E-state index in [1.165, 1.54) is 49.0 Å². The molecule has 3 nitrogen and oxygen atoms in total. The highest BCUT2D eigenvalue weighted by Crippen LogP contribution is 2.35. The maximum absolute atomic E-state index is 13.6. The van der Waals surface area contributed by atoms with Crippen molar-refractivity contribution in [2.45, 2.75) is 57.4 Å². The number of fused-ring (bicyclic) bond motifs is 1. The van der Waals surface area contributed by atoms with E-state index in [1.807, 2.05) is 11.8 Å². The van der Waals surface area contributed by atoms with Crippen LogP contribution in [-0.4, -0.2) is 59.4 Å². The number of thioether (sulfide) groups is 1. The second-order valence-corrected chi connectivity index (χ2v) is 9.42. The van der Waals surface area contributed by atoms with E-state index in [1.54, 1.807) is 0 Å². The van der Waals surface area contributed by atoms with Crippen molar-refractivity contribution < 1.29 is 4.79 Å². The lowest BCUT2D eigenvalue weighted by molar-refractivity contribution is -0.135.